The normalized spacial score (nSPS) is 12.5. The molecule has 0 saturated carbocycles. The highest BCUT2D eigenvalue weighted by atomic mass is 16.5. The van der Waals surface area contributed by atoms with E-state index < -0.39 is 0 Å². The zero-order valence-electron chi connectivity index (χ0n) is 12.9. The van der Waals surface area contributed by atoms with Crippen LogP contribution in [0.4, 0.5) is 0 Å². The maximum Gasteiger partial charge on any atom is 0.128 e. The van der Waals surface area contributed by atoms with Gasteiger partial charge in [-0.2, -0.15) is 0 Å². The molecule has 0 saturated heterocycles. The molecule has 0 aliphatic heterocycles. The van der Waals surface area contributed by atoms with Crippen LogP contribution in [0.2, 0.25) is 0 Å². The van der Waals surface area contributed by atoms with Gasteiger partial charge in [-0.25, -0.2) is 0 Å². The summed E-state index contributed by atoms with van der Waals surface area (Å²) in [6.45, 7) is 5.54. The summed E-state index contributed by atoms with van der Waals surface area (Å²) in [7, 11) is 1.73. The van der Waals surface area contributed by atoms with E-state index in [9.17, 15) is 5.11 Å². The van der Waals surface area contributed by atoms with Crippen molar-refractivity contribution in [1.82, 2.24) is 0 Å². The number of aliphatic hydroxyl groups excluding tert-OH is 1. The average Bonchev–Trinajstić information content (AvgIpc) is 2.50. The number of ether oxygens (including phenoxy) is 1. The third-order valence-electron chi connectivity index (χ3n) is 3.65. The highest BCUT2D eigenvalue weighted by Gasteiger charge is 2.09. The van der Waals surface area contributed by atoms with Crippen LogP contribution < -0.4 is 15.4 Å². The number of rotatable bonds is 8. The fourth-order valence-electron chi connectivity index (χ4n) is 2.56. The van der Waals surface area contributed by atoms with E-state index >= 15 is 0 Å². The van der Waals surface area contributed by atoms with Gasteiger partial charge in [0, 0.05) is 0 Å². The minimum Gasteiger partial charge on any atom is -0.496 e. The van der Waals surface area contributed by atoms with Crippen molar-refractivity contribution >= 4 is 10.8 Å². The first-order valence-corrected chi connectivity index (χ1v) is 7.58. The summed E-state index contributed by atoms with van der Waals surface area (Å²) in [5.41, 5.74) is 1.26. The van der Waals surface area contributed by atoms with E-state index in [1.807, 2.05) is 13.0 Å². The van der Waals surface area contributed by atoms with Crippen LogP contribution in [0.1, 0.15) is 12.5 Å². The molecule has 4 nitrogen and oxygen atoms in total. The lowest BCUT2D eigenvalue weighted by Gasteiger charge is -2.11. The van der Waals surface area contributed by atoms with Crippen LogP contribution in [-0.4, -0.2) is 38.0 Å². The maximum atomic E-state index is 9.22. The SMILES string of the molecule is COc1ccc2ccccc2c1C[NH2+]CC[NH2+]C[C@H](C)O. The van der Waals surface area contributed by atoms with Crippen LogP contribution in [0, 0.1) is 0 Å². The zero-order valence-corrected chi connectivity index (χ0v) is 12.9. The summed E-state index contributed by atoms with van der Waals surface area (Å²) in [4.78, 5) is 0. The number of benzene rings is 2. The second kappa shape index (κ2) is 7.98. The Kier molecular flexibility index (Phi) is 5.99. The highest BCUT2D eigenvalue weighted by molar-refractivity contribution is 5.87. The molecule has 1 atom stereocenters. The minimum atomic E-state index is -0.233. The van der Waals surface area contributed by atoms with Gasteiger partial charge in [-0.1, -0.05) is 30.3 Å². The van der Waals surface area contributed by atoms with Gasteiger partial charge in [-0.15, -0.1) is 0 Å². The Morgan fingerprint density at radius 1 is 1.10 bits per heavy atom. The van der Waals surface area contributed by atoms with E-state index in [0.717, 1.165) is 31.9 Å². The average molecular weight is 290 g/mol. The van der Waals surface area contributed by atoms with Crippen molar-refractivity contribution in [3.8, 4) is 5.75 Å². The molecule has 21 heavy (non-hydrogen) atoms. The molecule has 0 amide bonds. The topological polar surface area (TPSA) is 62.7 Å². The summed E-state index contributed by atoms with van der Waals surface area (Å²) < 4.78 is 5.50. The van der Waals surface area contributed by atoms with Gasteiger partial charge in [-0.05, 0) is 23.8 Å². The van der Waals surface area contributed by atoms with Gasteiger partial charge in [0.25, 0.3) is 0 Å². The fourth-order valence-corrected chi connectivity index (χ4v) is 2.56. The Morgan fingerprint density at radius 3 is 2.62 bits per heavy atom. The Morgan fingerprint density at radius 2 is 1.86 bits per heavy atom. The molecular weight excluding hydrogens is 264 g/mol. The third kappa shape index (κ3) is 4.43. The number of nitrogens with two attached hydrogens (primary N) is 2. The maximum absolute atomic E-state index is 9.22. The molecule has 0 bridgehead atoms. The molecular formula is C17H26N2O2+2. The molecule has 0 aliphatic carbocycles. The van der Waals surface area contributed by atoms with E-state index in [1.54, 1.807) is 7.11 Å². The van der Waals surface area contributed by atoms with Gasteiger partial charge in [0.2, 0.25) is 0 Å². The first-order valence-electron chi connectivity index (χ1n) is 7.58. The summed E-state index contributed by atoms with van der Waals surface area (Å²) in [5, 5.41) is 16.2. The minimum absolute atomic E-state index is 0.233. The van der Waals surface area contributed by atoms with Gasteiger partial charge >= 0.3 is 0 Å². The molecule has 0 radical (unpaired) electrons. The molecule has 0 heterocycles. The summed E-state index contributed by atoms with van der Waals surface area (Å²) in [5.74, 6) is 0.956. The largest absolute Gasteiger partial charge is 0.496 e. The van der Waals surface area contributed by atoms with E-state index in [0.29, 0.717) is 0 Å². The standard InChI is InChI=1S/C17H24N2O2/c1-13(20)11-18-9-10-19-12-16-15-6-4-3-5-14(15)7-8-17(16)21-2/h3-8,13,18-20H,9-12H2,1-2H3/p+2/t13-/m0/s1. The molecule has 4 heteroatoms. The lowest BCUT2D eigenvalue weighted by atomic mass is 10.0. The van der Waals surface area contributed by atoms with Gasteiger partial charge in [0.15, 0.2) is 0 Å². The van der Waals surface area contributed by atoms with Gasteiger partial charge in [-0.3, -0.25) is 0 Å². The molecule has 2 aromatic rings. The van der Waals surface area contributed by atoms with Crippen LogP contribution in [-0.2, 0) is 6.54 Å². The van der Waals surface area contributed by atoms with Crippen molar-refractivity contribution in [1.29, 1.82) is 0 Å². The third-order valence-corrected chi connectivity index (χ3v) is 3.65. The summed E-state index contributed by atoms with van der Waals surface area (Å²) >= 11 is 0. The first kappa shape index (κ1) is 15.8. The van der Waals surface area contributed by atoms with Crippen LogP contribution >= 0.6 is 0 Å². The Labute approximate surface area is 126 Å². The van der Waals surface area contributed by atoms with Crippen LogP contribution in [0.15, 0.2) is 36.4 Å². The van der Waals surface area contributed by atoms with E-state index in [2.05, 4.69) is 41.0 Å². The number of hydrogen-bond donors (Lipinski definition) is 3. The summed E-state index contributed by atoms with van der Waals surface area (Å²) in [6, 6.07) is 12.6. The zero-order chi connectivity index (χ0) is 15.1. The van der Waals surface area contributed by atoms with Crippen molar-refractivity contribution in [3.63, 3.8) is 0 Å². The summed E-state index contributed by atoms with van der Waals surface area (Å²) in [6.07, 6.45) is -0.233. The van der Waals surface area contributed by atoms with Crippen LogP contribution in [0.3, 0.4) is 0 Å². The number of methoxy groups -OCH3 is 1. The van der Waals surface area contributed by atoms with Crippen LogP contribution in [0.5, 0.6) is 5.75 Å². The van der Waals surface area contributed by atoms with Gasteiger partial charge in [0.05, 0.1) is 18.8 Å². The molecule has 0 spiro atoms. The molecule has 114 valence electrons. The highest BCUT2D eigenvalue weighted by Crippen LogP contribution is 2.26. The van der Waals surface area contributed by atoms with Gasteiger partial charge < -0.3 is 20.5 Å². The lowest BCUT2D eigenvalue weighted by Crippen LogP contribution is -2.95. The van der Waals surface area contributed by atoms with Crippen molar-refractivity contribution in [2.45, 2.75) is 19.6 Å². The predicted molar refractivity (Wildman–Crippen MR) is 84.3 cm³/mol. The number of quaternary nitrogens is 2. The van der Waals surface area contributed by atoms with E-state index in [1.165, 1.54) is 16.3 Å². The number of fused-ring (bicyclic) bond motifs is 1. The first-order chi connectivity index (χ1) is 10.2. The molecule has 0 aromatic heterocycles. The Bertz CT molecular complexity index is 570. The lowest BCUT2D eigenvalue weighted by molar-refractivity contribution is -0.733. The van der Waals surface area contributed by atoms with Crippen molar-refractivity contribution in [2.75, 3.05) is 26.7 Å². The van der Waals surface area contributed by atoms with Crippen molar-refractivity contribution in [2.24, 2.45) is 0 Å². The second-order valence-corrected chi connectivity index (χ2v) is 5.41. The molecule has 0 fully saturated rings. The van der Waals surface area contributed by atoms with E-state index in [4.69, 9.17) is 4.74 Å². The van der Waals surface area contributed by atoms with Crippen LogP contribution in [0.25, 0.3) is 10.8 Å². The molecule has 5 N–H and O–H groups in total. The van der Waals surface area contributed by atoms with Crippen molar-refractivity contribution < 1.29 is 20.5 Å². The quantitative estimate of drug-likeness (QED) is 0.592. The number of hydrogen-bond acceptors (Lipinski definition) is 2. The Hall–Kier alpha value is -1.62. The van der Waals surface area contributed by atoms with E-state index in [-0.39, 0.29) is 6.10 Å². The second-order valence-electron chi connectivity index (χ2n) is 5.41. The molecule has 0 aliphatic rings. The molecule has 0 unspecified atom stereocenters. The van der Waals surface area contributed by atoms with Crippen molar-refractivity contribution in [3.05, 3.63) is 42.0 Å². The number of aliphatic hydroxyl groups is 1. The molecule has 2 rings (SSSR count). The predicted octanol–water partition coefficient (Wildman–Crippen LogP) is -0.144. The smallest absolute Gasteiger partial charge is 0.128 e. The molecule has 2 aromatic carbocycles. The van der Waals surface area contributed by atoms with Gasteiger partial charge in [0.1, 0.15) is 31.9 Å². The Balaban J connectivity index is 1.97. The monoisotopic (exact) mass is 290 g/mol. The fraction of sp³-hybridized carbons (Fsp3) is 0.412.